The smallest absolute Gasteiger partial charge is 0.508 e. The minimum absolute atomic E-state index is 0.0994. The maximum absolute atomic E-state index is 11.1. The Hall–Kier alpha value is -2.55. The van der Waals surface area contributed by atoms with Crippen molar-refractivity contribution in [3.05, 3.63) is 33.6 Å². The SMILES string of the molecule is N#[N+]c1c(O)c2cc(O)ccc2oc1=O. The third kappa shape index (κ3) is 1.26. The molecule has 0 aliphatic carbocycles. The molecule has 0 saturated carbocycles. The zero-order valence-corrected chi connectivity index (χ0v) is 7.34. The Morgan fingerprint density at radius 1 is 1.33 bits per heavy atom. The standard InChI is InChI=1S/C9H4N2O4/c10-11-7-8(13)5-3-4(12)1-2-6(5)15-9(7)14/h1-3H,(H-,12,13,14)/p+1. The number of phenols is 1. The molecule has 0 unspecified atom stereocenters. The zero-order valence-electron chi connectivity index (χ0n) is 7.34. The first-order valence-electron chi connectivity index (χ1n) is 3.97. The molecule has 2 rings (SSSR count). The van der Waals surface area contributed by atoms with Crippen LogP contribution in [0.5, 0.6) is 11.5 Å². The van der Waals surface area contributed by atoms with Crippen molar-refractivity contribution in [1.29, 1.82) is 5.39 Å². The molecule has 15 heavy (non-hydrogen) atoms. The third-order valence-corrected chi connectivity index (χ3v) is 1.94. The van der Waals surface area contributed by atoms with Crippen molar-refractivity contribution in [3.8, 4) is 11.5 Å². The quantitative estimate of drug-likeness (QED) is 0.503. The molecular formula is C9H5N2O4+. The van der Waals surface area contributed by atoms with Gasteiger partial charge in [-0.15, -0.1) is 0 Å². The van der Waals surface area contributed by atoms with E-state index in [-0.39, 0.29) is 16.7 Å². The third-order valence-electron chi connectivity index (χ3n) is 1.94. The molecule has 6 heteroatoms. The van der Waals surface area contributed by atoms with Crippen LogP contribution in [0.15, 0.2) is 27.4 Å². The normalized spacial score (nSPS) is 10.1. The van der Waals surface area contributed by atoms with Crippen LogP contribution in [0.4, 0.5) is 5.69 Å². The highest BCUT2D eigenvalue weighted by molar-refractivity contribution is 5.89. The van der Waals surface area contributed by atoms with Crippen LogP contribution in [0.2, 0.25) is 0 Å². The van der Waals surface area contributed by atoms with Crippen molar-refractivity contribution in [3.63, 3.8) is 0 Å². The number of hydrogen-bond donors (Lipinski definition) is 2. The summed E-state index contributed by atoms with van der Waals surface area (Å²) in [6, 6.07) is 3.83. The predicted octanol–water partition coefficient (Wildman–Crippen LogP) is 1.69. The van der Waals surface area contributed by atoms with Gasteiger partial charge in [-0.25, -0.2) is 4.79 Å². The van der Waals surface area contributed by atoms with E-state index in [0.717, 1.165) is 0 Å². The van der Waals surface area contributed by atoms with E-state index in [4.69, 9.17) is 14.9 Å². The van der Waals surface area contributed by atoms with Crippen LogP contribution in [-0.4, -0.2) is 10.2 Å². The van der Waals surface area contributed by atoms with Crippen LogP contribution in [0.25, 0.3) is 15.9 Å². The second-order valence-corrected chi connectivity index (χ2v) is 2.87. The lowest BCUT2D eigenvalue weighted by atomic mass is 10.2. The maximum Gasteiger partial charge on any atom is 0.510 e. The fourth-order valence-corrected chi connectivity index (χ4v) is 1.25. The molecule has 1 heterocycles. The molecule has 1 aromatic carbocycles. The fourth-order valence-electron chi connectivity index (χ4n) is 1.25. The van der Waals surface area contributed by atoms with Gasteiger partial charge in [0.2, 0.25) is 11.1 Å². The van der Waals surface area contributed by atoms with E-state index >= 15 is 0 Å². The second kappa shape index (κ2) is 2.99. The van der Waals surface area contributed by atoms with Gasteiger partial charge in [-0.1, -0.05) is 0 Å². The van der Waals surface area contributed by atoms with Crippen LogP contribution in [0, 0.1) is 5.39 Å². The molecular weight excluding hydrogens is 200 g/mol. The fraction of sp³-hybridized carbons (Fsp3) is 0. The van der Waals surface area contributed by atoms with Crippen molar-refractivity contribution in [1.82, 2.24) is 0 Å². The van der Waals surface area contributed by atoms with Gasteiger partial charge >= 0.3 is 11.3 Å². The van der Waals surface area contributed by atoms with Gasteiger partial charge in [0.15, 0.2) is 4.98 Å². The number of nitrogens with zero attached hydrogens (tertiary/aromatic N) is 2. The summed E-state index contributed by atoms with van der Waals surface area (Å²) in [6.07, 6.45) is 0. The van der Waals surface area contributed by atoms with Crippen LogP contribution in [0.3, 0.4) is 0 Å². The van der Waals surface area contributed by atoms with Crippen LogP contribution in [-0.2, 0) is 0 Å². The second-order valence-electron chi connectivity index (χ2n) is 2.87. The van der Waals surface area contributed by atoms with Crippen molar-refractivity contribution >= 4 is 16.7 Å². The highest BCUT2D eigenvalue weighted by Gasteiger charge is 2.24. The number of phenolic OH excluding ortho intramolecular Hbond substituents is 1. The Morgan fingerprint density at radius 3 is 2.73 bits per heavy atom. The monoisotopic (exact) mass is 205 g/mol. The van der Waals surface area contributed by atoms with Gasteiger partial charge in [-0.3, -0.25) is 0 Å². The molecule has 1 aromatic heterocycles. The summed E-state index contributed by atoms with van der Waals surface area (Å²) in [5.41, 5.74) is -1.44. The number of benzene rings is 1. The van der Waals surface area contributed by atoms with Gasteiger partial charge in [-0.2, -0.15) is 0 Å². The molecule has 0 bridgehead atoms. The topological polar surface area (TPSA) is 98.8 Å². The van der Waals surface area contributed by atoms with Crippen molar-refractivity contribution < 1.29 is 14.6 Å². The number of rotatable bonds is 0. The first-order chi connectivity index (χ1) is 7.13. The maximum atomic E-state index is 11.1. The van der Waals surface area contributed by atoms with Crippen LogP contribution >= 0.6 is 0 Å². The molecule has 74 valence electrons. The van der Waals surface area contributed by atoms with Crippen molar-refractivity contribution in [2.45, 2.75) is 0 Å². The molecule has 0 atom stereocenters. The number of aromatic hydroxyl groups is 2. The summed E-state index contributed by atoms with van der Waals surface area (Å²) in [6.45, 7) is 0. The van der Waals surface area contributed by atoms with Crippen LogP contribution < -0.4 is 5.63 Å². The molecule has 0 aliphatic heterocycles. The van der Waals surface area contributed by atoms with Crippen molar-refractivity contribution in [2.24, 2.45) is 0 Å². The van der Waals surface area contributed by atoms with Gasteiger partial charge in [0.05, 0.1) is 5.39 Å². The highest BCUT2D eigenvalue weighted by atomic mass is 16.4. The summed E-state index contributed by atoms with van der Waals surface area (Å²) >= 11 is 0. The summed E-state index contributed by atoms with van der Waals surface area (Å²) < 4.78 is 4.74. The van der Waals surface area contributed by atoms with E-state index in [2.05, 4.69) is 4.98 Å². The summed E-state index contributed by atoms with van der Waals surface area (Å²) in [7, 11) is 0. The van der Waals surface area contributed by atoms with E-state index in [1.54, 1.807) is 0 Å². The van der Waals surface area contributed by atoms with E-state index in [1.807, 2.05) is 0 Å². The minimum Gasteiger partial charge on any atom is -0.508 e. The number of diazo groups is 1. The van der Waals surface area contributed by atoms with Gasteiger partial charge in [-0.05, 0) is 18.2 Å². The summed E-state index contributed by atoms with van der Waals surface area (Å²) in [5.74, 6) is -0.629. The molecule has 0 radical (unpaired) electrons. The Bertz CT molecular complexity index is 639. The Labute approximate surface area is 82.6 Å². The Balaban J connectivity index is 3.00. The van der Waals surface area contributed by atoms with E-state index in [1.165, 1.54) is 18.2 Å². The van der Waals surface area contributed by atoms with Crippen LogP contribution in [0.1, 0.15) is 0 Å². The van der Waals surface area contributed by atoms with E-state index < -0.39 is 17.1 Å². The van der Waals surface area contributed by atoms with E-state index in [0.29, 0.717) is 0 Å². The highest BCUT2D eigenvalue weighted by Crippen LogP contribution is 2.33. The lowest BCUT2D eigenvalue weighted by Gasteiger charge is -1.97. The van der Waals surface area contributed by atoms with Gasteiger partial charge < -0.3 is 14.6 Å². The summed E-state index contributed by atoms with van der Waals surface area (Å²) in [4.78, 5) is 13.7. The average Bonchev–Trinajstić information content (AvgIpc) is 2.20. The number of fused-ring (bicyclic) bond motifs is 1. The molecule has 6 nitrogen and oxygen atoms in total. The zero-order chi connectivity index (χ0) is 11.0. The first-order valence-corrected chi connectivity index (χ1v) is 3.97. The lowest BCUT2D eigenvalue weighted by molar-refractivity contribution is 0.465. The molecule has 0 spiro atoms. The van der Waals surface area contributed by atoms with Gasteiger partial charge in [0.1, 0.15) is 11.3 Å². The molecule has 0 amide bonds. The number of hydrogen-bond acceptors (Lipinski definition) is 5. The summed E-state index contributed by atoms with van der Waals surface area (Å²) in [5, 5.41) is 27.3. The Kier molecular flexibility index (Phi) is 1.80. The predicted molar refractivity (Wildman–Crippen MR) is 50.6 cm³/mol. The van der Waals surface area contributed by atoms with Crippen molar-refractivity contribution in [2.75, 3.05) is 0 Å². The van der Waals surface area contributed by atoms with E-state index in [9.17, 15) is 9.90 Å². The Morgan fingerprint density at radius 2 is 2.07 bits per heavy atom. The van der Waals surface area contributed by atoms with Gasteiger partial charge in [0.25, 0.3) is 0 Å². The molecule has 2 aromatic rings. The average molecular weight is 205 g/mol. The lowest BCUT2D eigenvalue weighted by Crippen LogP contribution is -1.97. The molecule has 0 saturated heterocycles. The van der Waals surface area contributed by atoms with Gasteiger partial charge in [0, 0.05) is 0 Å². The molecule has 0 fully saturated rings. The first kappa shape index (κ1) is 9.02. The largest absolute Gasteiger partial charge is 0.510 e. The molecule has 2 N–H and O–H groups in total. The minimum atomic E-state index is -0.951. The molecule has 0 aliphatic rings.